The van der Waals surface area contributed by atoms with Crippen LogP contribution in [-0.4, -0.2) is 47.7 Å². The van der Waals surface area contributed by atoms with E-state index in [1.54, 1.807) is 18.1 Å². The predicted octanol–water partition coefficient (Wildman–Crippen LogP) is 1.98. The van der Waals surface area contributed by atoms with Gasteiger partial charge in [0.25, 0.3) is 5.91 Å². The molecule has 7 nitrogen and oxygen atoms in total. The van der Waals surface area contributed by atoms with Gasteiger partial charge in [0.1, 0.15) is 5.69 Å². The van der Waals surface area contributed by atoms with Crippen LogP contribution in [0.1, 0.15) is 35.8 Å². The molecule has 7 heteroatoms. The lowest BCUT2D eigenvalue weighted by Gasteiger charge is -2.31. The van der Waals surface area contributed by atoms with Crippen LogP contribution in [0.25, 0.3) is 11.1 Å². The summed E-state index contributed by atoms with van der Waals surface area (Å²) in [5.41, 5.74) is 2.99. The summed E-state index contributed by atoms with van der Waals surface area (Å²) in [6, 6.07) is 11.4. The Labute approximate surface area is 170 Å². The van der Waals surface area contributed by atoms with Gasteiger partial charge in [-0.2, -0.15) is 0 Å². The van der Waals surface area contributed by atoms with Crippen LogP contribution < -0.4 is 10.6 Å². The third kappa shape index (κ3) is 4.99. The van der Waals surface area contributed by atoms with Crippen LogP contribution in [0.15, 0.2) is 42.6 Å². The lowest BCUT2D eigenvalue weighted by atomic mass is 9.95. The average molecular weight is 394 g/mol. The van der Waals surface area contributed by atoms with Gasteiger partial charge in [0.05, 0.1) is 0 Å². The molecule has 0 bridgehead atoms. The van der Waals surface area contributed by atoms with Crippen LogP contribution in [0.4, 0.5) is 0 Å². The number of nitrogens with one attached hydrogen (secondary N) is 2. The molecule has 1 aromatic carbocycles. The van der Waals surface area contributed by atoms with Gasteiger partial charge in [0, 0.05) is 51.3 Å². The average Bonchev–Trinajstić information content (AvgIpc) is 2.77. The number of carbonyl (C=O) groups excluding carboxylic acids is 3. The van der Waals surface area contributed by atoms with E-state index in [1.165, 1.54) is 6.92 Å². The van der Waals surface area contributed by atoms with E-state index in [2.05, 4.69) is 15.6 Å². The first-order chi connectivity index (χ1) is 14.0. The van der Waals surface area contributed by atoms with Crippen LogP contribution in [0.3, 0.4) is 0 Å². The number of rotatable bonds is 5. The van der Waals surface area contributed by atoms with Crippen LogP contribution in [0, 0.1) is 5.92 Å². The zero-order chi connectivity index (χ0) is 20.8. The first-order valence-electron chi connectivity index (χ1n) is 9.79. The first-order valence-corrected chi connectivity index (χ1v) is 9.79. The number of likely N-dealkylation sites (tertiary alicyclic amines) is 1. The van der Waals surface area contributed by atoms with Crippen molar-refractivity contribution in [1.82, 2.24) is 20.5 Å². The van der Waals surface area contributed by atoms with E-state index in [4.69, 9.17) is 0 Å². The maximum absolute atomic E-state index is 13.1. The monoisotopic (exact) mass is 394 g/mol. The topological polar surface area (TPSA) is 91.4 Å². The minimum Gasteiger partial charge on any atom is -0.359 e. The highest BCUT2D eigenvalue weighted by molar-refractivity contribution is 5.99. The van der Waals surface area contributed by atoms with E-state index >= 15 is 0 Å². The van der Waals surface area contributed by atoms with Crippen molar-refractivity contribution >= 4 is 17.7 Å². The molecule has 0 radical (unpaired) electrons. The van der Waals surface area contributed by atoms with Gasteiger partial charge in [-0.1, -0.05) is 24.3 Å². The summed E-state index contributed by atoms with van der Waals surface area (Å²) in [7, 11) is 1.64. The van der Waals surface area contributed by atoms with Gasteiger partial charge < -0.3 is 15.5 Å². The zero-order valence-electron chi connectivity index (χ0n) is 16.8. The number of benzene rings is 1. The highest BCUT2D eigenvalue weighted by Gasteiger charge is 2.28. The summed E-state index contributed by atoms with van der Waals surface area (Å²) < 4.78 is 0. The maximum atomic E-state index is 13.1. The maximum Gasteiger partial charge on any atom is 0.273 e. The molecule has 1 fully saturated rings. The normalized spacial score (nSPS) is 14.3. The molecule has 1 aliphatic heterocycles. The number of hydrogen-bond acceptors (Lipinski definition) is 4. The Hall–Kier alpha value is -3.22. The van der Waals surface area contributed by atoms with Gasteiger partial charge >= 0.3 is 0 Å². The van der Waals surface area contributed by atoms with Gasteiger partial charge in [-0.25, -0.2) is 0 Å². The largest absolute Gasteiger partial charge is 0.359 e. The number of hydrogen-bond donors (Lipinski definition) is 2. The minimum atomic E-state index is -0.122. The number of amides is 3. The van der Waals surface area contributed by atoms with Gasteiger partial charge in [-0.15, -0.1) is 0 Å². The lowest BCUT2D eigenvalue weighted by molar-refractivity contribution is -0.125. The molecule has 1 saturated heterocycles. The Bertz CT molecular complexity index is 904. The molecule has 1 aliphatic rings. The second kappa shape index (κ2) is 9.32. The summed E-state index contributed by atoms with van der Waals surface area (Å²) in [6.07, 6.45) is 2.93. The molecular formula is C22H26N4O3. The van der Waals surface area contributed by atoms with Crippen molar-refractivity contribution in [3.8, 4) is 11.1 Å². The van der Waals surface area contributed by atoms with Crippen molar-refractivity contribution in [1.29, 1.82) is 0 Å². The van der Waals surface area contributed by atoms with E-state index in [1.807, 2.05) is 36.4 Å². The second-order valence-electron chi connectivity index (χ2n) is 7.19. The molecule has 2 heterocycles. The molecule has 3 amide bonds. The van der Waals surface area contributed by atoms with Crippen molar-refractivity contribution in [3.05, 3.63) is 53.9 Å². The summed E-state index contributed by atoms with van der Waals surface area (Å²) in [5.74, 6) is -0.222. The van der Waals surface area contributed by atoms with Crippen molar-refractivity contribution in [2.75, 3.05) is 20.1 Å². The van der Waals surface area contributed by atoms with Crippen LogP contribution in [0.5, 0.6) is 0 Å². The van der Waals surface area contributed by atoms with Gasteiger partial charge in [0.2, 0.25) is 11.8 Å². The van der Waals surface area contributed by atoms with E-state index in [0.717, 1.165) is 16.7 Å². The van der Waals surface area contributed by atoms with Gasteiger partial charge in [-0.3, -0.25) is 19.4 Å². The first kappa shape index (κ1) is 20.5. The number of nitrogens with zero attached hydrogens (tertiary/aromatic N) is 2. The van der Waals surface area contributed by atoms with Crippen molar-refractivity contribution in [2.24, 2.45) is 5.92 Å². The summed E-state index contributed by atoms with van der Waals surface area (Å²) >= 11 is 0. The number of pyridine rings is 1. The summed E-state index contributed by atoms with van der Waals surface area (Å²) in [5, 5.41) is 5.47. The lowest BCUT2D eigenvalue weighted by Crippen LogP contribution is -2.42. The molecule has 0 aliphatic carbocycles. The number of piperidine rings is 1. The van der Waals surface area contributed by atoms with Crippen molar-refractivity contribution in [3.63, 3.8) is 0 Å². The SMILES string of the molecule is CNC(=O)C1CCN(C(=O)c2ncccc2-c2cccc(CNC(C)=O)c2)CC1. The highest BCUT2D eigenvalue weighted by Crippen LogP contribution is 2.26. The standard InChI is InChI=1S/C22H26N4O3/c1-15(27)25-14-16-5-3-6-18(13-16)19-7-4-10-24-20(19)22(29)26-11-8-17(9-12-26)21(28)23-2/h3-7,10,13,17H,8-9,11-12,14H2,1-2H3,(H,23,28)(H,25,27). The summed E-state index contributed by atoms with van der Waals surface area (Å²) in [4.78, 5) is 42.3. The molecule has 0 unspecified atom stereocenters. The number of carbonyl (C=O) groups is 3. The van der Waals surface area contributed by atoms with Crippen molar-refractivity contribution in [2.45, 2.75) is 26.3 Å². The molecule has 29 heavy (non-hydrogen) atoms. The third-order valence-corrected chi connectivity index (χ3v) is 5.19. The third-order valence-electron chi connectivity index (χ3n) is 5.19. The molecule has 152 valence electrons. The molecule has 2 N–H and O–H groups in total. The Morgan fingerprint density at radius 1 is 1.14 bits per heavy atom. The van der Waals surface area contributed by atoms with Crippen molar-refractivity contribution < 1.29 is 14.4 Å². The minimum absolute atomic E-state index is 0.0339. The fourth-order valence-corrected chi connectivity index (χ4v) is 3.58. The van der Waals surface area contributed by atoms with E-state index in [-0.39, 0.29) is 23.6 Å². The van der Waals surface area contributed by atoms with Crippen LogP contribution >= 0.6 is 0 Å². The molecule has 0 atom stereocenters. The molecule has 0 spiro atoms. The fraction of sp³-hybridized carbons (Fsp3) is 0.364. The van der Waals surface area contributed by atoms with E-state index < -0.39 is 0 Å². The Balaban J connectivity index is 1.79. The predicted molar refractivity (Wildman–Crippen MR) is 110 cm³/mol. The van der Waals surface area contributed by atoms with Gasteiger partial charge in [-0.05, 0) is 36.1 Å². The number of aromatic nitrogens is 1. The Morgan fingerprint density at radius 3 is 2.59 bits per heavy atom. The van der Waals surface area contributed by atoms with E-state index in [0.29, 0.717) is 38.2 Å². The van der Waals surface area contributed by atoms with E-state index in [9.17, 15) is 14.4 Å². The van der Waals surface area contributed by atoms with Gasteiger partial charge in [0.15, 0.2) is 0 Å². The van der Waals surface area contributed by atoms with Crippen LogP contribution in [-0.2, 0) is 16.1 Å². The molecule has 3 rings (SSSR count). The fourth-order valence-electron chi connectivity index (χ4n) is 3.58. The Kier molecular flexibility index (Phi) is 6.59. The second-order valence-corrected chi connectivity index (χ2v) is 7.19. The highest BCUT2D eigenvalue weighted by atomic mass is 16.2. The van der Waals surface area contributed by atoms with Crippen LogP contribution in [0.2, 0.25) is 0 Å². The Morgan fingerprint density at radius 2 is 1.90 bits per heavy atom. The smallest absolute Gasteiger partial charge is 0.273 e. The summed E-state index contributed by atoms with van der Waals surface area (Å²) in [6.45, 7) is 2.99. The molecule has 2 aromatic rings. The molecule has 1 aromatic heterocycles. The zero-order valence-corrected chi connectivity index (χ0v) is 16.8. The molecular weight excluding hydrogens is 368 g/mol. The quantitative estimate of drug-likeness (QED) is 0.811. The molecule has 0 saturated carbocycles.